The summed E-state index contributed by atoms with van der Waals surface area (Å²) in [5.41, 5.74) is 0.138. The zero-order chi connectivity index (χ0) is 13.0. The molecule has 1 aliphatic rings. The highest BCUT2D eigenvalue weighted by molar-refractivity contribution is 5.19. The highest BCUT2D eigenvalue weighted by atomic mass is 19.1. The number of nitrogens with one attached hydrogen (secondary N) is 1. The summed E-state index contributed by atoms with van der Waals surface area (Å²) in [5.74, 6) is -0.942. The van der Waals surface area contributed by atoms with Crippen LogP contribution in [-0.4, -0.2) is 30.6 Å². The highest BCUT2D eigenvalue weighted by Crippen LogP contribution is 2.16. The van der Waals surface area contributed by atoms with E-state index in [4.69, 9.17) is 0 Å². The first kappa shape index (κ1) is 13.4. The fourth-order valence-electron chi connectivity index (χ4n) is 2.61. The van der Waals surface area contributed by atoms with Crippen molar-refractivity contribution in [2.45, 2.75) is 32.4 Å². The van der Waals surface area contributed by atoms with E-state index in [0.717, 1.165) is 19.6 Å². The van der Waals surface area contributed by atoms with Crippen molar-refractivity contribution in [3.63, 3.8) is 0 Å². The Morgan fingerprint density at radius 2 is 2.06 bits per heavy atom. The van der Waals surface area contributed by atoms with Crippen LogP contribution in [0.25, 0.3) is 0 Å². The minimum absolute atomic E-state index is 0.138. The maximum Gasteiger partial charge on any atom is 0.130 e. The second-order valence-corrected chi connectivity index (χ2v) is 4.76. The van der Waals surface area contributed by atoms with Gasteiger partial charge in [-0.2, -0.15) is 0 Å². The highest BCUT2D eigenvalue weighted by Gasteiger charge is 2.22. The zero-order valence-corrected chi connectivity index (χ0v) is 10.8. The Balaban J connectivity index is 1.85. The summed E-state index contributed by atoms with van der Waals surface area (Å²) in [6, 6.07) is 4.50. The van der Waals surface area contributed by atoms with Gasteiger partial charge in [0.2, 0.25) is 0 Å². The van der Waals surface area contributed by atoms with Gasteiger partial charge in [0.15, 0.2) is 0 Å². The first-order valence-electron chi connectivity index (χ1n) is 6.60. The fraction of sp³-hybridized carbons (Fsp3) is 0.571. The van der Waals surface area contributed by atoms with Crippen molar-refractivity contribution in [3.05, 3.63) is 35.4 Å². The molecule has 0 aliphatic carbocycles. The van der Waals surface area contributed by atoms with Gasteiger partial charge < -0.3 is 5.32 Å². The predicted molar refractivity (Wildman–Crippen MR) is 68.3 cm³/mol. The lowest BCUT2D eigenvalue weighted by atomic mass is 10.2. The second-order valence-electron chi connectivity index (χ2n) is 4.76. The van der Waals surface area contributed by atoms with Crippen molar-refractivity contribution in [1.82, 2.24) is 10.2 Å². The molecule has 1 aliphatic heterocycles. The molecule has 4 heteroatoms. The number of hydrogen-bond acceptors (Lipinski definition) is 2. The topological polar surface area (TPSA) is 15.3 Å². The lowest BCUT2D eigenvalue weighted by Crippen LogP contribution is -2.37. The smallest absolute Gasteiger partial charge is 0.130 e. The largest absolute Gasteiger partial charge is 0.311 e. The Labute approximate surface area is 107 Å². The molecule has 0 aromatic heterocycles. The van der Waals surface area contributed by atoms with E-state index in [9.17, 15) is 8.78 Å². The van der Waals surface area contributed by atoms with E-state index in [-0.39, 0.29) is 12.1 Å². The summed E-state index contributed by atoms with van der Waals surface area (Å²) in [5, 5.41) is 3.17. The van der Waals surface area contributed by atoms with E-state index in [1.807, 2.05) is 0 Å². The van der Waals surface area contributed by atoms with Crippen molar-refractivity contribution >= 4 is 0 Å². The molecule has 1 atom stereocenters. The number of benzene rings is 1. The minimum Gasteiger partial charge on any atom is -0.311 e. The Morgan fingerprint density at radius 3 is 2.72 bits per heavy atom. The molecular formula is C14H20F2N2. The van der Waals surface area contributed by atoms with Gasteiger partial charge in [0, 0.05) is 24.7 Å². The van der Waals surface area contributed by atoms with E-state index < -0.39 is 11.6 Å². The molecule has 1 N–H and O–H groups in total. The van der Waals surface area contributed by atoms with Gasteiger partial charge in [0.25, 0.3) is 0 Å². The molecule has 0 bridgehead atoms. The van der Waals surface area contributed by atoms with Crippen LogP contribution >= 0.6 is 0 Å². The van der Waals surface area contributed by atoms with Gasteiger partial charge in [-0.05, 0) is 38.1 Å². The van der Waals surface area contributed by atoms with E-state index in [1.165, 1.54) is 31.0 Å². The average molecular weight is 254 g/mol. The van der Waals surface area contributed by atoms with Crippen LogP contribution in [0, 0.1) is 11.6 Å². The van der Waals surface area contributed by atoms with Gasteiger partial charge in [0.1, 0.15) is 11.6 Å². The molecule has 1 saturated heterocycles. The van der Waals surface area contributed by atoms with Crippen LogP contribution in [0.2, 0.25) is 0 Å². The predicted octanol–water partition coefficient (Wildman–Crippen LogP) is 2.54. The molecule has 0 spiro atoms. The monoisotopic (exact) mass is 254 g/mol. The van der Waals surface area contributed by atoms with Gasteiger partial charge >= 0.3 is 0 Å². The molecule has 1 aromatic rings. The van der Waals surface area contributed by atoms with Crippen LogP contribution < -0.4 is 5.32 Å². The van der Waals surface area contributed by atoms with E-state index >= 15 is 0 Å². The summed E-state index contributed by atoms with van der Waals surface area (Å²) in [4.78, 5) is 2.41. The molecule has 100 valence electrons. The summed E-state index contributed by atoms with van der Waals surface area (Å²) >= 11 is 0. The molecule has 1 heterocycles. The third-order valence-corrected chi connectivity index (χ3v) is 3.65. The van der Waals surface area contributed by atoms with Gasteiger partial charge in [-0.3, -0.25) is 4.90 Å². The number of rotatable bonds is 5. The second kappa shape index (κ2) is 6.25. The third-order valence-electron chi connectivity index (χ3n) is 3.65. The Hall–Kier alpha value is -1.00. The van der Waals surface area contributed by atoms with Crippen LogP contribution in [0.1, 0.15) is 25.3 Å². The van der Waals surface area contributed by atoms with Gasteiger partial charge in [0.05, 0.1) is 0 Å². The van der Waals surface area contributed by atoms with E-state index in [2.05, 4.69) is 17.1 Å². The van der Waals surface area contributed by atoms with Crippen LogP contribution in [-0.2, 0) is 6.54 Å². The van der Waals surface area contributed by atoms with E-state index in [1.54, 1.807) is 0 Å². The summed E-state index contributed by atoms with van der Waals surface area (Å²) < 4.78 is 26.8. The number of hydrogen-bond donors (Lipinski definition) is 1. The number of likely N-dealkylation sites (tertiary alicyclic amines) is 1. The van der Waals surface area contributed by atoms with Crippen molar-refractivity contribution < 1.29 is 8.78 Å². The third kappa shape index (κ3) is 3.06. The van der Waals surface area contributed by atoms with Crippen LogP contribution in [0.15, 0.2) is 18.2 Å². The molecule has 2 rings (SSSR count). The molecule has 0 saturated carbocycles. The minimum atomic E-state index is -0.471. The lowest BCUT2D eigenvalue weighted by molar-refractivity contribution is 0.259. The van der Waals surface area contributed by atoms with Crippen molar-refractivity contribution in [2.75, 3.05) is 19.6 Å². The van der Waals surface area contributed by atoms with Gasteiger partial charge in [-0.1, -0.05) is 13.0 Å². The SMILES string of the molecule is CCN1CCCC1CNCc1c(F)cccc1F. The molecule has 0 amide bonds. The molecule has 1 aromatic carbocycles. The Bertz CT molecular complexity index is 375. The number of likely N-dealkylation sites (N-methyl/N-ethyl adjacent to an activating group) is 1. The van der Waals surface area contributed by atoms with Gasteiger partial charge in [-0.25, -0.2) is 8.78 Å². The quantitative estimate of drug-likeness (QED) is 0.868. The van der Waals surface area contributed by atoms with Crippen LogP contribution in [0.3, 0.4) is 0 Å². The first-order valence-corrected chi connectivity index (χ1v) is 6.60. The summed E-state index contributed by atoms with van der Waals surface area (Å²) in [6.07, 6.45) is 2.38. The van der Waals surface area contributed by atoms with Crippen molar-refractivity contribution in [2.24, 2.45) is 0 Å². The standard InChI is InChI=1S/C14H20F2N2/c1-2-18-8-4-5-11(18)9-17-10-12-13(15)6-3-7-14(12)16/h3,6-7,11,17H,2,4-5,8-10H2,1H3. The molecule has 18 heavy (non-hydrogen) atoms. The Kier molecular flexibility index (Phi) is 4.66. The molecular weight excluding hydrogens is 234 g/mol. The first-order chi connectivity index (χ1) is 8.72. The average Bonchev–Trinajstić information content (AvgIpc) is 2.80. The van der Waals surface area contributed by atoms with Gasteiger partial charge in [-0.15, -0.1) is 0 Å². The molecule has 0 radical (unpaired) electrons. The number of halogens is 2. The van der Waals surface area contributed by atoms with Crippen LogP contribution in [0.4, 0.5) is 8.78 Å². The summed E-state index contributed by atoms with van der Waals surface area (Å²) in [7, 11) is 0. The molecule has 1 fully saturated rings. The fourth-order valence-corrected chi connectivity index (χ4v) is 2.61. The summed E-state index contributed by atoms with van der Waals surface area (Å²) in [6.45, 7) is 5.38. The molecule has 2 nitrogen and oxygen atoms in total. The maximum atomic E-state index is 13.4. The maximum absolute atomic E-state index is 13.4. The molecule has 1 unspecified atom stereocenters. The number of nitrogens with zero attached hydrogens (tertiary/aromatic N) is 1. The van der Waals surface area contributed by atoms with Crippen molar-refractivity contribution in [3.8, 4) is 0 Å². The normalized spacial score (nSPS) is 20.5. The van der Waals surface area contributed by atoms with Crippen LogP contribution in [0.5, 0.6) is 0 Å². The van der Waals surface area contributed by atoms with E-state index in [0.29, 0.717) is 6.04 Å². The zero-order valence-electron chi connectivity index (χ0n) is 10.8. The van der Waals surface area contributed by atoms with Crippen molar-refractivity contribution in [1.29, 1.82) is 0 Å². The lowest BCUT2D eigenvalue weighted by Gasteiger charge is -2.23. The Morgan fingerprint density at radius 1 is 1.33 bits per heavy atom.